The smallest absolute Gasteiger partial charge is 0.375 e. The van der Waals surface area contributed by atoms with Crippen molar-refractivity contribution in [3.63, 3.8) is 0 Å². The number of hydrogen-bond acceptors (Lipinski definition) is 3. The number of carbonyl (C=O) groups is 2. The summed E-state index contributed by atoms with van der Waals surface area (Å²) in [6, 6.07) is 13.5. The summed E-state index contributed by atoms with van der Waals surface area (Å²) in [5.74, 6) is -1.27. The molecule has 0 saturated heterocycles. The molecular formula is C16H16O3. The van der Waals surface area contributed by atoms with E-state index in [9.17, 15) is 9.59 Å². The van der Waals surface area contributed by atoms with Crippen LogP contribution < -0.4 is 0 Å². The first kappa shape index (κ1) is 13.3. The summed E-state index contributed by atoms with van der Waals surface area (Å²) in [4.78, 5) is 23.3. The van der Waals surface area contributed by atoms with Crippen LogP contribution in [0.5, 0.6) is 0 Å². The molecule has 2 aromatic rings. The normalized spacial score (nSPS) is 10.7. The van der Waals surface area contributed by atoms with Crippen LogP contribution in [0.3, 0.4) is 0 Å². The lowest BCUT2D eigenvalue weighted by Crippen LogP contribution is -2.22. The van der Waals surface area contributed by atoms with Crippen molar-refractivity contribution in [2.75, 3.05) is 0 Å². The summed E-state index contributed by atoms with van der Waals surface area (Å²) in [7, 11) is 0. The second-order valence-electron chi connectivity index (χ2n) is 4.69. The van der Waals surface area contributed by atoms with E-state index in [2.05, 4.69) is 0 Å². The Labute approximate surface area is 112 Å². The van der Waals surface area contributed by atoms with E-state index >= 15 is 0 Å². The molecule has 0 heterocycles. The first-order valence-electron chi connectivity index (χ1n) is 6.28. The van der Waals surface area contributed by atoms with Crippen LogP contribution in [-0.4, -0.2) is 17.9 Å². The van der Waals surface area contributed by atoms with Gasteiger partial charge in [0.2, 0.25) is 5.78 Å². The van der Waals surface area contributed by atoms with Crippen molar-refractivity contribution >= 4 is 22.5 Å². The summed E-state index contributed by atoms with van der Waals surface area (Å²) >= 11 is 0. The highest BCUT2D eigenvalue weighted by Crippen LogP contribution is 2.19. The average Bonchev–Trinajstić information content (AvgIpc) is 2.38. The van der Waals surface area contributed by atoms with Gasteiger partial charge in [-0.25, -0.2) is 4.79 Å². The maximum Gasteiger partial charge on any atom is 0.375 e. The molecule has 2 aromatic carbocycles. The number of ketones is 1. The zero-order valence-electron chi connectivity index (χ0n) is 11.1. The lowest BCUT2D eigenvalue weighted by atomic mass is 10.0. The molecule has 0 fully saturated rings. The highest BCUT2D eigenvalue weighted by atomic mass is 16.5. The molecule has 0 radical (unpaired) electrons. The number of esters is 1. The van der Waals surface area contributed by atoms with E-state index in [1.54, 1.807) is 13.8 Å². The van der Waals surface area contributed by atoms with Crippen LogP contribution in [-0.2, 0) is 20.7 Å². The maximum atomic E-state index is 11.8. The summed E-state index contributed by atoms with van der Waals surface area (Å²) in [6.45, 7) is 3.45. The molecule has 0 aromatic heterocycles. The van der Waals surface area contributed by atoms with E-state index < -0.39 is 11.8 Å². The summed E-state index contributed by atoms with van der Waals surface area (Å²) in [5.41, 5.74) is 0.851. The van der Waals surface area contributed by atoms with Gasteiger partial charge < -0.3 is 4.74 Å². The molecule has 3 nitrogen and oxygen atoms in total. The fourth-order valence-electron chi connectivity index (χ4n) is 1.97. The van der Waals surface area contributed by atoms with Crippen LogP contribution >= 0.6 is 0 Å². The lowest BCUT2D eigenvalue weighted by molar-refractivity contribution is -0.156. The predicted octanol–water partition coefficient (Wildman–Crippen LogP) is 2.90. The Morgan fingerprint density at radius 1 is 1.05 bits per heavy atom. The van der Waals surface area contributed by atoms with E-state index in [-0.39, 0.29) is 12.5 Å². The molecule has 0 saturated carbocycles. The van der Waals surface area contributed by atoms with Gasteiger partial charge in [-0.3, -0.25) is 4.79 Å². The molecule has 0 unspecified atom stereocenters. The van der Waals surface area contributed by atoms with Gasteiger partial charge in [0.05, 0.1) is 6.10 Å². The summed E-state index contributed by atoms with van der Waals surface area (Å²) < 4.78 is 4.91. The number of carbonyl (C=O) groups excluding carboxylic acids is 2. The fraction of sp³-hybridized carbons (Fsp3) is 0.250. The van der Waals surface area contributed by atoms with Gasteiger partial charge in [0, 0.05) is 6.42 Å². The molecular weight excluding hydrogens is 240 g/mol. The number of hydrogen-bond donors (Lipinski definition) is 0. The van der Waals surface area contributed by atoms with Crippen LogP contribution in [0.2, 0.25) is 0 Å². The first-order chi connectivity index (χ1) is 9.08. The minimum absolute atomic E-state index is 0.0763. The van der Waals surface area contributed by atoms with Gasteiger partial charge >= 0.3 is 5.97 Å². The van der Waals surface area contributed by atoms with Crippen molar-refractivity contribution in [3.8, 4) is 0 Å². The third-order valence-corrected chi connectivity index (χ3v) is 2.80. The summed E-state index contributed by atoms with van der Waals surface area (Å²) in [5, 5.41) is 2.06. The molecule has 2 rings (SSSR count). The van der Waals surface area contributed by atoms with E-state index in [1.165, 1.54) is 0 Å². The van der Waals surface area contributed by atoms with Crippen molar-refractivity contribution < 1.29 is 14.3 Å². The number of rotatable bonds is 4. The fourth-order valence-corrected chi connectivity index (χ4v) is 1.97. The first-order valence-corrected chi connectivity index (χ1v) is 6.28. The molecule has 0 aliphatic carbocycles. The standard InChI is InChI=1S/C16H16O3/c1-11(2)19-16(18)15(17)10-13-8-5-7-12-6-3-4-9-14(12)13/h3-9,11H,10H2,1-2H3. The van der Waals surface area contributed by atoms with Crippen molar-refractivity contribution in [1.29, 1.82) is 0 Å². The molecule has 19 heavy (non-hydrogen) atoms. The zero-order chi connectivity index (χ0) is 13.8. The Kier molecular flexibility index (Phi) is 3.95. The Morgan fingerprint density at radius 3 is 2.47 bits per heavy atom. The Balaban J connectivity index is 2.22. The maximum absolute atomic E-state index is 11.8. The quantitative estimate of drug-likeness (QED) is 0.624. The number of Topliss-reactive ketones (excluding diaryl/α,β-unsaturated/α-hetero) is 1. The molecule has 0 amide bonds. The second-order valence-corrected chi connectivity index (χ2v) is 4.69. The van der Waals surface area contributed by atoms with E-state index in [1.807, 2.05) is 42.5 Å². The molecule has 0 aliphatic heterocycles. The van der Waals surface area contributed by atoms with Gasteiger partial charge in [-0.1, -0.05) is 42.5 Å². The van der Waals surface area contributed by atoms with Gasteiger partial charge in [-0.2, -0.15) is 0 Å². The molecule has 0 bridgehead atoms. The lowest BCUT2D eigenvalue weighted by Gasteiger charge is -2.08. The van der Waals surface area contributed by atoms with Gasteiger partial charge in [0.1, 0.15) is 0 Å². The minimum Gasteiger partial charge on any atom is -0.457 e. The molecule has 0 atom stereocenters. The molecule has 3 heteroatoms. The second kappa shape index (κ2) is 5.65. The third-order valence-electron chi connectivity index (χ3n) is 2.80. The largest absolute Gasteiger partial charge is 0.457 e. The topological polar surface area (TPSA) is 43.4 Å². The van der Waals surface area contributed by atoms with E-state index in [4.69, 9.17) is 4.74 Å². The third kappa shape index (κ3) is 3.19. The number of benzene rings is 2. The van der Waals surface area contributed by atoms with Gasteiger partial charge in [0.15, 0.2) is 0 Å². The predicted molar refractivity (Wildman–Crippen MR) is 73.9 cm³/mol. The monoisotopic (exact) mass is 256 g/mol. The van der Waals surface area contributed by atoms with E-state index in [0.29, 0.717) is 0 Å². The van der Waals surface area contributed by atoms with Crippen LogP contribution in [0.25, 0.3) is 10.8 Å². The highest BCUT2D eigenvalue weighted by Gasteiger charge is 2.18. The van der Waals surface area contributed by atoms with Crippen molar-refractivity contribution in [2.24, 2.45) is 0 Å². The van der Waals surface area contributed by atoms with Crippen LogP contribution in [0.4, 0.5) is 0 Å². The zero-order valence-corrected chi connectivity index (χ0v) is 11.1. The summed E-state index contributed by atoms with van der Waals surface area (Å²) in [6.07, 6.45) is -0.198. The van der Waals surface area contributed by atoms with Crippen molar-refractivity contribution in [2.45, 2.75) is 26.4 Å². The molecule has 0 aliphatic rings. The Morgan fingerprint density at radius 2 is 1.74 bits per heavy atom. The Bertz CT molecular complexity index is 609. The number of ether oxygens (including phenoxy) is 1. The van der Waals surface area contributed by atoms with Crippen LogP contribution in [0.1, 0.15) is 19.4 Å². The van der Waals surface area contributed by atoms with Crippen molar-refractivity contribution in [1.82, 2.24) is 0 Å². The Hall–Kier alpha value is -2.16. The highest BCUT2D eigenvalue weighted by molar-refractivity contribution is 6.34. The van der Waals surface area contributed by atoms with Gasteiger partial charge in [-0.15, -0.1) is 0 Å². The molecule has 0 spiro atoms. The van der Waals surface area contributed by atoms with Crippen LogP contribution in [0, 0.1) is 0 Å². The van der Waals surface area contributed by atoms with Gasteiger partial charge in [-0.05, 0) is 30.2 Å². The SMILES string of the molecule is CC(C)OC(=O)C(=O)Cc1cccc2ccccc12. The number of fused-ring (bicyclic) bond motifs is 1. The average molecular weight is 256 g/mol. The van der Waals surface area contributed by atoms with Crippen LogP contribution in [0.15, 0.2) is 42.5 Å². The molecule has 0 N–H and O–H groups in total. The minimum atomic E-state index is -0.761. The van der Waals surface area contributed by atoms with Gasteiger partial charge in [0.25, 0.3) is 0 Å². The van der Waals surface area contributed by atoms with Crippen molar-refractivity contribution in [3.05, 3.63) is 48.0 Å². The van der Waals surface area contributed by atoms with E-state index in [0.717, 1.165) is 16.3 Å². The molecule has 98 valence electrons.